The average Bonchev–Trinajstić information content (AvgIpc) is 2.77. The van der Waals surface area contributed by atoms with Gasteiger partial charge in [0.1, 0.15) is 0 Å². The normalized spacial score (nSPS) is 8.86. The second kappa shape index (κ2) is 16.9. The number of hydrogen-bond donors (Lipinski definition) is 0. The molecule has 0 aromatic heterocycles. The van der Waals surface area contributed by atoms with Crippen molar-refractivity contribution < 1.29 is 0 Å². The van der Waals surface area contributed by atoms with E-state index in [1.807, 2.05) is 27.7 Å². The summed E-state index contributed by atoms with van der Waals surface area (Å²) in [5.41, 5.74) is 0. The third-order valence-corrected chi connectivity index (χ3v) is 3.32. The van der Waals surface area contributed by atoms with Gasteiger partial charge in [-0.05, 0) is 32.4 Å². The average molecular weight is 394 g/mol. The molecule has 0 N–H and O–H groups in total. The molecule has 0 unspecified atom stereocenters. The van der Waals surface area contributed by atoms with Gasteiger partial charge in [0, 0.05) is 0 Å². The predicted octanol–water partition coefficient (Wildman–Crippen LogP) is 8.23. The highest BCUT2D eigenvalue weighted by molar-refractivity contribution is 7.94. The van der Waals surface area contributed by atoms with E-state index in [0.717, 1.165) is 0 Å². The van der Waals surface area contributed by atoms with Crippen LogP contribution in [0.4, 0.5) is 0 Å². The zero-order valence-corrected chi connectivity index (χ0v) is 19.5. The van der Waals surface area contributed by atoms with Crippen molar-refractivity contribution in [2.45, 2.75) is 27.7 Å². The monoisotopic (exact) mass is 393 g/mol. The van der Waals surface area contributed by atoms with Gasteiger partial charge in [-0.15, -0.1) is 0 Å². The van der Waals surface area contributed by atoms with Crippen molar-refractivity contribution in [3.8, 4) is 0 Å². The van der Waals surface area contributed by atoms with Gasteiger partial charge < -0.3 is 0 Å². The Kier molecular flexibility index (Phi) is 15.5. The lowest BCUT2D eigenvalue weighted by atomic mass is 10.1. The number of rotatable bonds is 0. The Labute approximate surface area is 176 Å². The summed E-state index contributed by atoms with van der Waals surface area (Å²) in [6.45, 7) is 8.00. The van der Waals surface area contributed by atoms with Crippen molar-refractivity contribution in [2.75, 3.05) is 18.8 Å². The number of fused-ring (bicyclic) bond motifs is 2. The van der Waals surface area contributed by atoms with Crippen molar-refractivity contribution >= 4 is 32.4 Å². The fourth-order valence-corrected chi connectivity index (χ4v) is 2.27. The van der Waals surface area contributed by atoms with Crippen molar-refractivity contribution in [3.63, 3.8) is 0 Å². The molecule has 1 heteroatoms. The number of benzene rings is 4. The first-order valence-electron chi connectivity index (χ1n) is 10.0. The summed E-state index contributed by atoms with van der Waals surface area (Å²) in [6.07, 6.45) is 6.58. The molecule has 4 aromatic rings. The zero-order valence-electron chi connectivity index (χ0n) is 18.6. The maximum atomic E-state index is 2.19. The molecule has 4 rings (SSSR count). The Balaban J connectivity index is 0.000000385. The summed E-state index contributed by atoms with van der Waals surface area (Å²) in [5, 5.41) is 5.24. The molecule has 28 heavy (non-hydrogen) atoms. The van der Waals surface area contributed by atoms with Crippen LogP contribution in [0.1, 0.15) is 27.7 Å². The van der Waals surface area contributed by atoms with Crippen LogP contribution in [0.5, 0.6) is 0 Å². The highest BCUT2D eigenvalue weighted by atomic mass is 32.2. The maximum Gasteiger partial charge on any atom is 0.0969 e. The van der Waals surface area contributed by atoms with E-state index in [-0.39, 0.29) is 0 Å². The molecular weight excluding hydrogens is 356 g/mol. The van der Waals surface area contributed by atoms with Gasteiger partial charge >= 0.3 is 0 Å². The Hall–Kier alpha value is -2.25. The molecular formula is C27H37S+. The largest absolute Gasteiger partial charge is 0.0969 e. The fraction of sp³-hybridized carbons (Fsp3) is 0.259. The van der Waals surface area contributed by atoms with Crippen LogP contribution in [0, 0.1) is 0 Å². The van der Waals surface area contributed by atoms with Gasteiger partial charge in [0.25, 0.3) is 0 Å². The molecule has 0 atom stereocenters. The molecule has 0 radical (unpaired) electrons. The maximum absolute atomic E-state index is 2.19. The highest BCUT2D eigenvalue weighted by Crippen LogP contribution is 2.11. The van der Waals surface area contributed by atoms with E-state index < -0.39 is 0 Å². The SMILES string of the molecule is CC.CC.C[S+](C)C.c1ccc2ccccc2c1.c1ccc2ccccc2c1. The van der Waals surface area contributed by atoms with Crippen LogP contribution in [0.25, 0.3) is 21.5 Å². The van der Waals surface area contributed by atoms with E-state index in [1.165, 1.54) is 21.5 Å². The lowest BCUT2D eigenvalue weighted by molar-refractivity contribution is 1.50. The molecule has 150 valence electrons. The van der Waals surface area contributed by atoms with Gasteiger partial charge in [-0.25, -0.2) is 0 Å². The molecule has 0 nitrogen and oxygen atoms in total. The Morgan fingerprint density at radius 2 is 0.464 bits per heavy atom. The third-order valence-electron chi connectivity index (χ3n) is 3.32. The smallest absolute Gasteiger partial charge is 0.0683 e. The molecule has 0 saturated heterocycles. The topological polar surface area (TPSA) is 0 Å². The van der Waals surface area contributed by atoms with Crippen LogP contribution in [-0.4, -0.2) is 18.8 Å². The predicted molar refractivity (Wildman–Crippen MR) is 136 cm³/mol. The minimum atomic E-state index is 0.639. The zero-order chi connectivity index (χ0) is 21.2. The van der Waals surface area contributed by atoms with Gasteiger partial charge in [0.15, 0.2) is 0 Å². The lowest BCUT2D eigenvalue weighted by Gasteiger charge is -1.92. The van der Waals surface area contributed by atoms with Gasteiger partial charge in [0.05, 0.1) is 18.8 Å². The first-order valence-corrected chi connectivity index (χ1v) is 12.5. The quantitative estimate of drug-likeness (QED) is 0.264. The summed E-state index contributed by atoms with van der Waals surface area (Å²) in [5.74, 6) is 0. The molecule has 0 spiro atoms. The third kappa shape index (κ3) is 10.8. The van der Waals surface area contributed by atoms with Crippen molar-refractivity contribution in [1.82, 2.24) is 0 Å². The molecule has 0 heterocycles. The first-order chi connectivity index (χ1) is 13.7. The highest BCUT2D eigenvalue weighted by Gasteiger charge is 1.86. The van der Waals surface area contributed by atoms with Gasteiger partial charge in [0.2, 0.25) is 0 Å². The number of hydrogen-bond acceptors (Lipinski definition) is 0. The van der Waals surface area contributed by atoms with Crippen molar-refractivity contribution in [2.24, 2.45) is 0 Å². The van der Waals surface area contributed by atoms with E-state index >= 15 is 0 Å². The van der Waals surface area contributed by atoms with Crippen LogP contribution in [0.15, 0.2) is 97.1 Å². The van der Waals surface area contributed by atoms with E-state index in [1.54, 1.807) is 0 Å². The van der Waals surface area contributed by atoms with Crippen LogP contribution in [-0.2, 0) is 10.9 Å². The van der Waals surface area contributed by atoms with Crippen LogP contribution in [0.2, 0.25) is 0 Å². The van der Waals surface area contributed by atoms with Crippen LogP contribution < -0.4 is 0 Å². The summed E-state index contributed by atoms with van der Waals surface area (Å²) < 4.78 is 0. The molecule has 0 amide bonds. The van der Waals surface area contributed by atoms with E-state index in [9.17, 15) is 0 Å². The molecule has 0 aliphatic rings. The first kappa shape index (κ1) is 25.8. The molecule has 0 saturated carbocycles. The summed E-state index contributed by atoms with van der Waals surface area (Å²) >= 11 is 0. The van der Waals surface area contributed by atoms with Crippen LogP contribution in [0.3, 0.4) is 0 Å². The molecule has 4 aromatic carbocycles. The second-order valence-electron chi connectivity index (χ2n) is 5.92. The summed E-state index contributed by atoms with van der Waals surface area (Å²) in [4.78, 5) is 0. The van der Waals surface area contributed by atoms with Crippen LogP contribution >= 0.6 is 0 Å². The molecule has 0 aliphatic heterocycles. The van der Waals surface area contributed by atoms with Gasteiger partial charge in [-0.1, -0.05) is 125 Å². The summed E-state index contributed by atoms with van der Waals surface area (Å²) in [7, 11) is 0.639. The Bertz CT molecular complexity index is 661. The van der Waals surface area contributed by atoms with E-state index in [2.05, 4.69) is 116 Å². The Morgan fingerprint density at radius 1 is 0.357 bits per heavy atom. The molecule has 0 bridgehead atoms. The van der Waals surface area contributed by atoms with Gasteiger partial charge in [-0.3, -0.25) is 0 Å². The molecule has 0 aliphatic carbocycles. The minimum Gasteiger partial charge on any atom is -0.0683 e. The molecule has 0 fully saturated rings. The van der Waals surface area contributed by atoms with Crippen molar-refractivity contribution in [3.05, 3.63) is 97.1 Å². The van der Waals surface area contributed by atoms with Gasteiger partial charge in [-0.2, -0.15) is 0 Å². The van der Waals surface area contributed by atoms with E-state index in [0.29, 0.717) is 10.9 Å². The van der Waals surface area contributed by atoms with Crippen molar-refractivity contribution in [1.29, 1.82) is 0 Å². The van der Waals surface area contributed by atoms with E-state index in [4.69, 9.17) is 0 Å². The minimum absolute atomic E-state index is 0.639. The fourth-order valence-electron chi connectivity index (χ4n) is 2.27. The second-order valence-corrected chi connectivity index (χ2v) is 8.37. The standard InChI is InChI=1S/2C10H8.C3H9S.2C2H6/c2*1-2-6-10-8-4-3-7-9(10)5-1;1-4(2)3;2*1-2/h2*1-8H;1-3H3;2*1-2H3/q;;+1;;. The Morgan fingerprint density at radius 3 is 0.571 bits per heavy atom. The lowest BCUT2D eigenvalue weighted by Crippen LogP contribution is -1.84. The summed E-state index contributed by atoms with van der Waals surface area (Å²) in [6, 6.07) is 33.4.